The minimum Gasteiger partial charge on any atom is -0.460 e. The van der Waals surface area contributed by atoms with Gasteiger partial charge in [0, 0.05) is 5.92 Å². The fraction of sp³-hybridized carbons (Fsp3) is 0.286. The predicted molar refractivity (Wildman–Crippen MR) is 105 cm³/mol. The third-order valence-corrected chi connectivity index (χ3v) is 5.10. The Labute approximate surface area is 162 Å². The number of benzene rings is 2. The molecule has 2 unspecified atom stereocenters. The first-order valence-electron chi connectivity index (χ1n) is 9.34. The molecule has 144 valence electrons. The zero-order valence-electron chi connectivity index (χ0n) is 15.4. The van der Waals surface area contributed by atoms with Crippen molar-refractivity contribution < 1.29 is 14.3 Å². The minimum absolute atomic E-state index is 0.0728. The summed E-state index contributed by atoms with van der Waals surface area (Å²) in [5.41, 5.74) is 8.15. The molecule has 1 saturated heterocycles. The number of primary amides is 1. The van der Waals surface area contributed by atoms with Crippen LogP contribution in [0.3, 0.4) is 0 Å². The van der Waals surface area contributed by atoms with Crippen molar-refractivity contribution in [2.75, 3.05) is 6.54 Å². The summed E-state index contributed by atoms with van der Waals surface area (Å²) in [6.45, 7) is 0.949. The van der Waals surface area contributed by atoms with Gasteiger partial charge in [0.2, 0.25) is 0 Å². The Balaban J connectivity index is 1.46. The fourth-order valence-electron chi connectivity index (χ4n) is 3.62. The number of aromatic nitrogens is 2. The number of nitrogens with zero attached hydrogens (tertiary/aromatic N) is 1. The molecule has 1 aromatic heterocycles. The van der Waals surface area contributed by atoms with Gasteiger partial charge in [-0.2, -0.15) is 0 Å². The lowest BCUT2D eigenvalue weighted by atomic mass is 9.92. The molecular weight excluding hydrogens is 356 g/mol. The SMILES string of the molecule is NC(=O)c1cccc2[nH]c(C3CCNC(C(=O)OCc4ccccc4)C3)nc12. The normalized spacial score (nSPS) is 19.4. The number of hydrogen-bond acceptors (Lipinski definition) is 5. The van der Waals surface area contributed by atoms with Crippen LogP contribution in [-0.2, 0) is 16.1 Å². The van der Waals surface area contributed by atoms with E-state index in [2.05, 4.69) is 15.3 Å². The van der Waals surface area contributed by atoms with E-state index in [0.717, 1.165) is 23.3 Å². The summed E-state index contributed by atoms with van der Waals surface area (Å²) in [6.07, 6.45) is 1.42. The molecule has 2 heterocycles. The Morgan fingerprint density at radius 3 is 2.75 bits per heavy atom. The molecule has 2 atom stereocenters. The number of nitrogens with one attached hydrogen (secondary N) is 2. The molecule has 1 aliphatic heterocycles. The molecule has 4 N–H and O–H groups in total. The summed E-state index contributed by atoms with van der Waals surface area (Å²) in [5.74, 6) is 0.0773. The summed E-state index contributed by atoms with van der Waals surface area (Å²) in [7, 11) is 0. The minimum atomic E-state index is -0.503. The molecule has 7 nitrogen and oxygen atoms in total. The summed E-state index contributed by atoms with van der Waals surface area (Å²) >= 11 is 0. The maximum atomic E-state index is 12.5. The Morgan fingerprint density at radius 2 is 1.96 bits per heavy atom. The largest absolute Gasteiger partial charge is 0.460 e. The monoisotopic (exact) mass is 378 g/mol. The van der Waals surface area contributed by atoms with E-state index in [1.165, 1.54) is 0 Å². The van der Waals surface area contributed by atoms with Crippen LogP contribution in [0, 0.1) is 0 Å². The van der Waals surface area contributed by atoms with Crippen LogP contribution in [0.2, 0.25) is 0 Å². The van der Waals surface area contributed by atoms with Crippen molar-refractivity contribution >= 4 is 22.9 Å². The number of H-pyrrole nitrogens is 1. The zero-order chi connectivity index (χ0) is 19.5. The summed E-state index contributed by atoms with van der Waals surface area (Å²) < 4.78 is 5.47. The van der Waals surface area contributed by atoms with Gasteiger partial charge in [0.25, 0.3) is 5.91 Å². The number of fused-ring (bicyclic) bond motifs is 1. The van der Waals surface area contributed by atoms with Gasteiger partial charge < -0.3 is 20.8 Å². The summed E-state index contributed by atoms with van der Waals surface area (Å²) in [4.78, 5) is 32.0. The molecule has 28 heavy (non-hydrogen) atoms. The maximum absolute atomic E-state index is 12.5. The molecule has 7 heteroatoms. The van der Waals surface area contributed by atoms with Gasteiger partial charge in [-0.25, -0.2) is 4.98 Å². The van der Waals surface area contributed by atoms with E-state index in [-0.39, 0.29) is 24.5 Å². The van der Waals surface area contributed by atoms with Gasteiger partial charge in [0.1, 0.15) is 24.0 Å². The number of aromatic amines is 1. The average molecular weight is 378 g/mol. The number of carbonyl (C=O) groups excluding carboxylic acids is 2. The first-order chi connectivity index (χ1) is 13.6. The van der Waals surface area contributed by atoms with Crippen molar-refractivity contribution in [3.8, 4) is 0 Å². The standard InChI is InChI=1S/C21H22N4O3/c22-19(26)15-7-4-8-16-18(15)25-20(24-16)14-9-10-23-17(11-14)21(27)28-12-13-5-2-1-3-6-13/h1-8,14,17,23H,9-12H2,(H2,22,26)(H,24,25). The van der Waals surface area contributed by atoms with Crippen molar-refractivity contribution in [3.05, 3.63) is 65.5 Å². The molecule has 0 spiro atoms. The second-order valence-corrected chi connectivity index (χ2v) is 7.01. The smallest absolute Gasteiger partial charge is 0.323 e. The highest BCUT2D eigenvalue weighted by molar-refractivity contribution is 6.04. The van der Waals surface area contributed by atoms with Crippen LogP contribution in [0.25, 0.3) is 11.0 Å². The lowest BCUT2D eigenvalue weighted by molar-refractivity contribution is -0.148. The van der Waals surface area contributed by atoms with Crippen LogP contribution in [0.1, 0.15) is 40.5 Å². The Bertz CT molecular complexity index is 999. The third-order valence-electron chi connectivity index (χ3n) is 5.10. The molecule has 1 amide bonds. The highest BCUT2D eigenvalue weighted by atomic mass is 16.5. The molecule has 0 aliphatic carbocycles. The average Bonchev–Trinajstić information content (AvgIpc) is 3.17. The van der Waals surface area contributed by atoms with Crippen LogP contribution < -0.4 is 11.1 Å². The van der Waals surface area contributed by atoms with Crippen molar-refractivity contribution in [2.24, 2.45) is 5.73 Å². The van der Waals surface area contributed by atoms with Crippen molar-refractivity contribution in [2.45, 2.75) is 31.4 Å². The number of esters is 1. The topological polar surface area (TPSA) is 110 Å². The fourth-order valence-corrected chi connectivity index (χ4v) is 3.62. The lowest BCUT2D eigenvalue weighted by Gasteiger charge is -2.27. The maximum Gasteiger partial charge on any atom is 0.323 e. The number of ether oxygens (including phenoxy) is 1. The quantitative estimate of drug-likeness (QED) is 0.590. The number of amides is 1. The lowest BCUT2D eigenvalue weighted by Crippen LogP contribution is -2.44. The summed E-state index contributed by atoms with van der Waals surface area (Å²) in [6, 6.07) is 14.5. The molecule has 3 aromatic rings. The van der Waals surface area contributed by atoms with E-state index in [9.17, 15) is 9.59 Å². The number of nitrogens with two attached hydrogens (primary N) is 1. The first kappa shape index (κ1) is 18.2. The van der Waals surface area contributed by atoms with Crippen molar-refractivity contribution in [1.29, 1.82) is 0 Å². The van der Waals surface area contributed by atoms with Gasteiger partial charge in [-0.15, -0.1) is 0 Å². The van der Waals surface area contributed by atoms with E-state index < -0.39 is 5.91 Å². The molecule has 0 saturated carbocycles. The van der Waals surface area contributed by atoms with Crippen LogP contribution in [-0.4, -0.2) is 34.4 Å². The Morgan fingerprint density at radius 1 is 1.14 bits per heavy atom. The number of hydrogen-bond donors (Lipinski definition) is 3. The Hall–Kier alpha value is -3.19. The van der Waals surface area contributed by atoms with Crippen molar-refractivity contribution in [3.63, 3.8) is 0 Å². The molecular formula is C21H22N4O3. The molecule has 0 bridgehead atoms. The van der Waals surface area contributed by atoms with E-state index >= 15 is 0 Å². The van der Waals surface area contributed by atoms with Crippen LogP contribution in [0.4, 0.5) is 0 Å². The summed E-state index contributed by atoms with van der Waals surface area (Å²) in [5, 5.41) is 3.23. The molecule has 4 rings (SSSR count). The highest BCUT2D eigenvalue weighted by Crippen LogP contribution is 2.29. The molecule has 1 fully saturated rings. The van der Waals surface area contributed by atoms with Crippen LogP contribution >= 0.6 is 0 Å². The highest BCUT2D eigenvalue weighted by Gasteiger charge is 2.30. The predicted octanol–water partition coefficient (Wildman–Crippen LogP) is 2.24. The van der Waals surface area contributed by atoms with Gasteiger partial charge >= 0.3 is 5.97 Å². The van der Waals surface area contributed by atoms with E-state index in [0.29, 0.717) is 24.0 Å². The van der Waals surface area contributed by atoms with Crippen LogP contribution in [0.15, 0.2) is 48.5 Å². The molecule has 0 radical (unpaired) electrons. The second-order valence-electron chi connectivity index (χ2n) is 7.01. The molecule has 2 aromatic carbocycles. The van der Waals surface area contributed by atoms with Gasteiger partial charge in [0.05, 0.1) is 11.1 Å². The number of imidazole rings is 1. The number of carbonyl (C=O) groups is 2. The van der Waals surface area contributed by atoms with E-state index in [1.807, 2.05) is 36.4 Å². The van der Waals surface area contributed by atoms with Gasteiger partial charge in [-0.05, 0) is 37.1 Å². The number of rotatable bonds is 5. The first-order valence-corrected chi connectivity index (χ1v) is 9.34. The second kappa shape index (κ2) is 7.82. The van der Waals surface area contributed by atoms with Crippen LogP contribution in [0.5, 0.6) is 0 Å². The van der Waals surface area contributed by atoms with Gasteiger partial charge in [-0.3, -0.25) is 9.59 Å². The van der Waals surface area contributed by atoms with Crippen molar-refractivity contribution in [1.82, 2.24) is 15.3 Å². The number of para-hydroxylation sites is 1. The van der Waals surface area contributed by atoms with Gasteiger partial charge in [0.15, 0.2) is 0 Å². The Kier molecular flexibility index (Phi) is 5.08. The van der Waals surface area contributed by atoms with E-state index in [4.69, 9.17) is 10.5 Å². The number of piperidine rings is 1. The molecule has 1 aliphatic rings. The third kappa shape index (κ3) is 3.75. The zero-order valence-corrected chi connectivity index (χ0v) is 15.4. The van der Waals surface area contributed by atoms with Gasteiger partial charge in [-0.1, -0.05) is 36.4 Å². The van der Waals surface area contributed by atoms with E-state index in [1.54, 1.807) is 12.1 Å².